The van der Waals surface area contributed by atoms with Crippen molar-refractivity contribution in [3.63, 3.8) is 0 Å². The summed E-state index contributed by atoms with van der Waals surface area (Å²) in [5.74, 6) is 1.38. The lowest BCUT2D eigenvalue weighted by Gasteiger charge is -2.22. The number of hydrogen-bond acceptors (Lipinski definition) is 4. The van der Waals surface area contributed by atoms with E-state index in [1.54, 1.807) is 0 Å². The van der Waals surface area contributed by atoms with Crippen molar-refractivity contribution in [1.82, 2.24) is 10.2 Å². The molecule has 0 amide bonds. The predicted octanol–water partition coefficient (Wildman–Crippen LogP) is 0.479. The standard InChI is InChI=1S/C12H22N2O2/c1-12(2,3)16-11(15)8-14-6-9-4-13-5-10(9)7-14/h9-10,13H,4-8H2,1-3H3/t9-,10+. The molecule has 16 heavy (non-hydrogen) atoms. The van der Waals surface area contributed by atoms with Crippen LogP contribution in [0.1, 0.15) is 20.8 Å². The molecule has 0 spiro atoms. The van der Waals surface area contributed by atoms with Gasteiger partial charge >= 0.3 is 5.97 Å². The van der Waals surface area contributed by atoms with Crippen molar-refractivity contribution in [2.45, 2.75) is 26.4 Å². The van der Waals surface area contributed by atoms with Gasteiger partial charge in [-0.15, -0.1) is 0 Å². The molecule has 0 saturated carbocycles. The molecule has 2 rings (SSSR count). The average Bonchev–Trinajstić information content (AvgIpc) is 2.58. The number of likely N-dealkylation sites (tertiary alicyclic amines) is 1. The van der Waals surface area contributed by atoms with Crippen molar-refractivity contribution in [3.8, 4) is 0 Å². The van der Waals surface area contributed by atoms with Crippen LogP contribution in [0.5, 0.6) is 0 Å². The van der Waals surface area contributed by atoms with Crippen LogP contribution >= 0.6 is 0 Å². The second-order valence-corrected chi connectivity index (χ2v) is 5.96. The number of hydrogen-bond donors (Lipinski definition) is 1. The first-order valence-electron chi connectivity index (χ1n) is 6.09. The van der Waals surface area contributed by atoms with E-state index in [0.29, 0.717) is 6.54 Å². The highest BCUT2D eigenvalue weighted by atomic mass is 16.6. The first-order valence-corrected chi connectivity index (χ1v) is 6.09. The van der Waals surface area contributed by atoms with Crippen LogP contribution in [-0.4, -0.2) is 49.2 Å². The first kappa shape index (κ1) is 11.9. The number of fused-ring (bicyclic) bond motifs is 1. The molecule has 2 heterocycles. The number of rotatable bonds is 2. The number of ether oxygens (including phenoxy) is 1. The summed E-state index contributed by atoms with van der Waals surface area (Å²) in [6.45, 7) is 10.5. The Morgan fingerprint density at radius 1 is 1.31 bits per heavy atom. The second kappa shape index (κ2) is 4.34. The molecule has 2 aliphatic heterocycles. The van der Waals surface area contributed by atoms with Crippen LogP contribution in [0.25, 0.3) is 0 Å². The molecule has 0 aromatic heterocycles. The van der Waals surface area contributed by atoms with Crippen LogP contribution in [0, 0.1) is 11.8 Å². The first-order chi connectivity index (χ1) is 7.44. The van der Waals surface area contributed by atoms with Crippen molar-refractivity contribution in [1.29, 1.82) is 0 Å². The fraction of sp³-hybridized carbons (Fsp3) is 0.917. The number of carbonyl (C=O) groups excluding carboxylic acids is 1. The van der Waals surface area contributed by atoms with Gasteiger partial charge in [0.15, 0.2) is 0 Å². The summed E-state index contributed by atoms with van der Waals surface area (Å²) in [4.78, 5) is 13.9. The number of nitrogens with one attached hydrogen (secondary N) is 1. The third-order valence-corrected chi connectivity index (χ3v) is 3.24. The van der Waals surface area contributed by atoms with Gasteiger partial charge in [0.1, 0.15) is 5.60 Å². The predicted molar refractivity (Wildman–Crippen MR) is 62.1 cm³/mol. The van der Waals surface area contributed by atoms with Gasteiger partial charge < -0.3 is 10.1 Å². The molecule has 0 unspecified atom stereocenters. The average molecular weight is 226 g/mol. The van der Waals surface area contributed by atoms with Gasteiger partial charge in [0.2, 0.25) is 0 Å². The van der Waals surface area contributed by atoms with Crippen LogP contribution in [0.4, 0.5) is 0 Å². The lowest BCUT2D eigenvalue weighted by molar-refractivity contribution is -0.155. The van der Waals surface area contributed by atoms with Crippen LogP contribution in [0.3, 0.4) is 0 Å². The smallest absolute Gasteiger partial charge is 0.320 e. The third-order valence-electron chi connectivity index (χ3n) is 3.24. The molecule has 0 aromatic carbocycles. The summed E-state index contributed by atoms with van der Waals surface area (Å²) in [5, 5.41) is 3.39. The molecule has 4 heteroatoms. The minimum absolute atomic E-state index is 0.0968. The van der Waals surface area contributed by atoms with Crippen molar-refractivity contribution in [3.05, 3.63) is 0 Å². The highest BCUT2D eigenvalue weighted by Crippen LogP contribution is 2.26. The SMILES string of the molecule is CC(C)(C)OC(=O)CN1C[C@H]2CNC[C@H]2C1. The normalized spacial score (nSPS) is 30.4. The minimum atomic E-state index is -0.367. The third kappa shape index (κ3) is 2.95. The maximum atomic E-state index is 11.7. The lowest BCUT2D eigenvalue weighted by atomic mass is 10.0. The Hall–Kier alpha value is -0.610. The van der Waals surface area contributed by atoms with Crippen LogP contribution in [-0.2, 0) is 9.53 Å². The Labute approximate surface area is 97.3 Å². The summed E-state index contributed by atoms with van der Waals surface area (Å²) < 4.78 is 5.33. The minimum Gasteiger partial charge on any atom is -0.459 e. The van der Waals surface area contributed by atoms with Crippen molar-refractivity contribution < 1.29 is 9.53 Å². The topological polar surface area (TPSA) is 41.6 Å². The van der Waals surface area contributed by atoms with E-state index in [1.807, 2.05) is 20.8 Å². The number of carbonyl (C=O) groups is 1. The summed E-state index contributed by atoms with van der Waals surface area (Å²) in [7, 11) is 0. The summed E-state index contributed by atoms with van der Waals surface area (Å²) >= 11 is 0. The van der Waals surface area contributed by atoms with E-state index in [0.717, 1.165) is 38.0 Å². The molecular weight excluding hydrogens is 204 g/mol. The van der Waals surface area contributed by atoms with Gasteiger partial charge in [-0.3, -0.25) is 9.69 Å². The van der Waals surface area contributed by atoms with E-state index in [-0.39, 0.29) is 11.6 Å². The Kier molecular flexibility index (Phi) is 3.22. The van der Waals surface area contributed by atoms with E-state index < -0.39 is 0 Å². The highest BCUT2D eigenvalue weighted by molar-refractivity contribution is 5.72. The van der Waals surface area contributed by atoms with E-state index in [2.05, 4.69) is 10.2 Å². The van der Waals surface area contributed by atoms with Gasteiger partial charge in [-0.05, 0) is 45.7 Å². The summed E-state index contributed by atoms with van der Waals surface area (Å²) in [6.07, 6.45) is 0. The fourth-order valence-electron chi connectivity index (χ4n) is 2.64. The van der Waals surface area contributed by atoms with Crippen molar-refractivity contribution in [2.75, 3.05) is 32.7 Å². The monoisotopic (exact) mass is 226 g/mol. The summed E-state index contributed by atoms with van der Waals surface area (Å²) in [6, 6.07) is 0. The van der Waals surface area contributed by atoms with Gasteiger partial charge in [0.25, 0.3) is 0 Å². The molecule has 4 nitrogen and oxygen atoms in total. The number of nitrogens with zero attached hydrogens (tertiary/aromatic N) is 1. The molecule has 2 aliphatic rings. The Balaban J connectivity index is 1.77. The van der Waals surface area contributed by atoms with Gasteiger partial charge in [-0.2, -0.15) is 0 Å². The van der Waals surface area contributed by atoms with E-state index in [9.17, 15) is 4.79 Å². The van der Waals surface area contributed by atoms with E-state index >= 15 is 0 Å². The van der Waals surface area contributed by atoms with Gasteiger partial charge in [0.05, 0.1) is 6.54 Å². The van der Waals surface area contributed by atoms with Crippen molar-refractivity contribution in [2.24, 2.45) is 11.8 Å². The molecule has 0 aromatic rings. The highest BCUT2D eigenvalue weighted by Gasteiger charge is 2.36. The molecular formula is C12H22N2O2. The lowest BCUT2D eigenvalue weighted by Crippen LogP contribution is -2.35. The van der Waals surface area contributed by atoms with Crippen molar-refractivity contribution >= 4 is 5.97 Å². The van der Waals surface area contributed by atoms with Gasteiger partial charge in [-0.1, -0.05) is 0 Å². The van der Waals surface area contributed by atoms with Gasteiger partial charge in [0, 0.05) is 13.1 Å². The number of esters is 1. The Morgan fingerprint density at radius 2 is 1.88 bits per heavy atom. The molecule has 2 saturated heterocycles. The summed E-state index contributed by atoms with van der Waals surface area (Å²) in [5.41, 5.74) is -0.367. The fourth-order valence-corrected chi connectivity index (χ4v) is 2.64. The maximum Gasteiger partial charge on any atom is 0.320 e. The quantitative estimate of drug-likeness (QED) is 0.695. The molecule has 2 fully saturated rings. The zero-order valence-corrected chi connectivity index (χ0v) is 10.5. The van der Waals surface area contributed by atoms with Crippen LogP contribution in [0.2, 0.25) is 0 Å². The Morgan fingerprint density at radius 3 is 2.38 bits per heavy atom. The zero-order chi connectivity index (χ0) is 11.8. The van der Waals surface area contributed by atoms with Gasteiger partial charge in [-0.25, -0.2) is 0 Å². The largest absolute Gasteiger partial charge is 0.459 e. The van der Waals surface area contributed by atoms with E-state index in [4.69, 9.17) is 4.74 Å². The molecule has 0 aliphatic carbocycles. The maximum absolute atomic E-state index is 11.7. The van der Waals surface area contributed by atoms with E-state index in [1.165, 1.54) is 0 Å². The molecule has 2 atom stereocenters. The van der Waals surface area contributed by atoms with Crippen LogP contribution in [0.15, 0.2) is 0 Å². The zero-order valence-electron chi connectivity index (χ0n) is 10.5. The molecule has 0 bridgehead atoms. The Bertz CT molecular complexity index is 261. The molecule has 1 N–H and O–H groups in total. The molecule has 0 radical (unpaired) electrons. The molecule has 92 valence electrons. The van der Waals surface area contributed by atoms with Crippen LogP contribution < -0.4 is 5.32 Å². The second-order valence-electron chi connectivity index (χ2n) is 5.96.